The Morgan fingerprint density at radius 1 is 1.45 bits per heavy atom. The maximum atomic E-state index is 10.4. The Morgan fingerprint density at radius 3 is 1.91 bits per heavy atom. The van der Waals surface area contributed by atoms with Crippen LogP contribution in [0, 0.1) is 14.5 Å². The van der Waals surface area contributed by atoms with Gasteiger partial charge in [0, 0.05) is 0 Å². The summed E-state index contributed by atoms with van der Waals surface area (Å²) in [6, 6.07) is 0. The van der Waals surface area contributed by atoms with Crippen LogP contribution in [0.4, 0.5) is 4.79 Å². The first-order valence-electron chi connectivity index (χ1n) is 2.72. The fourth-order valence-corrected chi connectivity index (χ4v) is 0.314. The van der Waals surface area contributed by atoms with E-state index in [0.717, 1.165) is 0 Å². The fourth-order valence-electron chi connectivity index (χ4n) is 0.314. The molecule has 0 aromatic carbocycles. The molecule has 0 bridgehead atoms. The molecule has 0 unspecified atom stereocenters. The summed E-state index contributed by atoms with van der Waals surface area (Å²) >= 11 is 0. The van der Waals surface area contributed by atoms with Crippen LogP contribution in [0.3, 0.4) is 0 Å². The average molecular weight is 234 g/mol. The molecule has 4 heteroatoms. The molecule has 0 heterocycles. The van der Waals surface area contributed by atoms with E-state index in [2.05, 4.69) is 12.4 Å². The molecule has 0 radical (unpaired) electrons. The van der Waals surface area contributed by atoms with Gasteiger partial charge in [0.25, 0.3) is 0 Å². The molecule has 0 fully saturated rings. The summed E-state index contributed by atoms with van der Waals surface area (Å²) in [4.78, 5) is 10.4. The minimum Gasteiger partial charge on any atom is -0.473 e. The minimum absolute atomic E-state index is 0. The van der Waals surface area contributed by atoms with Crippen molar-refractivity contribution in [2.75, 3.05) is 0 Å². The molecule has 1 amide bonds. The summed E-state index contributed by atoms with van der Waals surface area (Å²) in [5.74, 6) is 0. The second-order valence-corrected chi connectivity index (χ2v) is 2.68. The van der Waals surface area contributed by atoms with Gasteiger partial charge in [-0.25, -0.2) is 4.79 Å². The van der Waals surface area contributed by atoms with E-state index in [-0.39, 0.29) is 40.1 Å². The van der Waals surface area contributed by atoms with Crippen LogP contribution >= 0.6 is 0 Å². The topological polar surface area (TPSA) is 38.3 Å². The summed E-state index contributed by atoms with van der Waals surface area (Å²) in [5, 5.41) is 2.11. The predicted molar refractivity (Wildman–Crippen MR) is 41.1 cm³/mol. The molecule has 3 nitrogen and oxygen atoms in total. The van der Waals surface area contributed by atoms with Gasteiger partial charge in [-0.1, -0.05) is 0 Å². The number of carbonyl (C=O) groups excluding carboxylic acids is 1. The van der Waals surface area contributed by atoms with Crippen LogP contribution in [-0.2, 0) is 37.4 Å². The number of ether oxygens (including phenoxy) is 1. The molecule has 0 aromatic heterocycles. The minimum atomic E-state index is -0.498. The monoisotopic (exact) mass is 234 g/mol. The molecule has 1 N–H and O–H groups in total. The Kier molecular flexibility index (Phi) is 11.2. The maximum Gasteiger partial charge on any atom is 3.00 e. The van der Waals surface area contributed by atoms with Crippen molar-refractivity contribution in [3.05, 3.63) is 14.5 Å². The van der Waals surface area contributed by atoms with Gasteiger partial charge in [0.15, 0.2) is 0 Å². The van der Waals surface area contributed by atoms with Crippen molar-refractivity contribution in [3.8, 4) is 0 Å². The number of amides is 1. The zero-order valence-electron chi connectivity index (χ0n) is 7.60. The van der Waals surface area contributed by atoms with Crippen LogP contribution < -0.4 is 5.32 Å². The first-order chi connectivity index (χ1) is 3.95. The Bertz CT molecular complexity index is 109. The third kappa shape index (κ3) is 13.4. The van der Waals surface area contributed by atoms with Crippen molar-refractivity contribution in [2.45, 2.75) is 26.4 Å². The van der Waals surface area contributed by atoms with E-state index < -0.39 is 11.7 Å². The zero-order valence-corrected chi connectivity index (χ0v) is 10.4. The SMILES string of the molecule is [CH2-]NC(=O)OC(C)(C)C.[CH3-].[Y+3]. The van der Waals surface area contributed by atoms with E-state index in [0.29, 0.717) is 0 Å². The van der Waals surface area contributed by atoms with E-state index in [9.17, 15) is 4.79 Å². The van der Waals surface area contributed by atoms with E-state index in [1.54, 1.807) is 20.8 Å². The van der Waals surface area contributed by atoms with Gasteiger partial charge in [0.05, 0.1) is 0 Å². The molecule has 0 spiro atoms. The van der Waals surface area contributed by atoms with Gasteiger partial charge in [-0.3, -0.25) is 7.05 Å². The zero-order chi connectivity index (χ0) is 7.49. The normalized spacial score (nSPS) is 8.73. The summed E-state index contributed by atoms with van der Waals surface area (Å²) in [7, 11) is 3.15. The van der Waals surface area contributed by atoms with Gasteiger partial charge in [-0.05, 0) is 20.8 Å². The largest absolute Gasteiger partial charge is 3.00 e. The molecule has 0 saturated heterocycles. The number of rotatable bonds is 0. The molecule has 0 saturated carbocycles. The summed E-state index contributed by atoms with van der Waals surface area (Å²) in [6.07, 6.45) is -0.498. The van der Waals surface area contributed by atoms with Gasteiger partial charge in [0.2, 0.25) is 0 Å². The van der Waals surface area contributed by atoms with Crippen molar-refractivity contribution in [2.24, 2.45) is 0 Å². The third-order valence-electron chi connectivity index (χ3n) is 0.543. The Morgan fingerprint density at radius 2 is 1.82 bits per heavy atom. The van der Waals surface area contributed by atoms with Gasteiger partial charge >= 0.3 is 38.8 Å². The van der Waals surface area contributed by atoms with Crippen molar-refractivity contribution in [3.63, 3.8) is 0 Å². The number of carbonyl (C=O) groups is 1. The molecular formula is C7H15NO2Y+. The quantitative estimate of drug-likeness (QED) is 0.648. The molecule has 0 aromatic rings. The van der Waals surface area contributed by atoms with Crippen LogP contribution in [0.25, 0.3) is 0 Å². The van der Waals surface area contributed by atoms with Gasteiger partial charge in [-0.15, -0.1) is 0 Å². The first kappa shape index (κ1) is 17.5. The molecule has 0 aliphatic heterocycles. The standard InChI is InChI=1S/C6H12NO2.CH3.Y/c1-6(2,3)9-5(8)7-4;;/h4H2,1-3H3,(H,7,8);1H3;/q2*-1;+3. The molecule has 11 heavy (non-hydrogen) atoms. The second kappa shape index (κ2) is 7.05. The van der Waals surface area contributed by atoms with Crippen molar-refractivity contribution >= 4 is 6.09 Å². The second-order valence-electron chi connectivity index (χ2n) is 2.68. The third-order valence-corrected chi connectivity index (χ3v) is 0.543. The van der Waals surface area contributed by atoms with Crippen LogP contribution in [0.2, 0.25) is 0 Å². The van der Waals surface area contributed by atoms with Crippen LogP contribution in [0.15, 0.2) is 0 Å². The van der Waals surface area contributed by atoms with Gasteiger partial charge in [-0.2, -0.15) is 0 Å². The molecule has 0 aliphatic carbocycles. The first-order valence-corrected chi connectivity index (χ1v) is 2.72. The van der Waals surface area contributed by atoms with E-state index >= 15 is 0 Å². The summed E-state index contributed by atoms with van der Waals surface area (Å²) < 4.78 is 4.77. The molecule has 0 rings (SSSR count). The van der Waals surface area contributed by atoms with E-state index in [4.69, 9.17) is 4.74 Å². The number of hydrogen-bond donors (Lipinski definition) is 1. The van der Waals surface area contributed by atoms with Gasteiger partial charge in [0.1, 0.15) is 5.60 Å². The maximum absolute atomic E-state index is 10.4. The van der Waals surface area contributed by atoms with Gasteiger partial charge < -0.3 is 17.5 Å². The number of hydrogen-bond acceptors (Lipinski definition) is 2. The van der Waals surface area contributed by atoms with E-state index in [1.165, 1.54) is 0 Å². The Labute approximate surface area is 94.1 Å². The Balaban J connectivity index is -0.000000320. The summed E-state index contributed by atoms with van der Waals surface area (Å²) in [5.41, 5.74) is -0.429. The van der Waals surface area contributed by atoms with Crippen LogP contribution in [0.5, 0.6) is 0 Å². The molecule has 62 valence electrons. The predicted octanol–water partition coefficient (Wildman–Crippen LogP) is 1.75. The summed E-state index contributed by atoms with van der Waals surface area (Å²) in [6.45, 7) is 5.38. The van der Waals surface area contributed by atoms with Crippen molar-refractivity contribution < 1.29 is 42.2 Å². The molecule has 0 atom stereocenters. The Hall–Kier alpha value is 0.374. The van der Waals surface area contributed by atoms with E-state index in [1.807, 2.05) is 0 Å². The fraction of sp³-hybridized carbons (Fsp3) is 0.571. The average Bonchev–Trinajstić information content (AvgIpc) is 1.62. The number of alkyl carbamates (subject to hydrolysis) is 1. The van der Waals surface area contributed by atoms with Crippen molar-refractivity contribution in [1.29, 1.82) is 0 Å². The van der Waals surface area contributed by atoms with Crippen LogP contribution in [-0.4, -0.2) is 11.7 Å². The van der Waals surface area contributed by atoms with Crippen LogP contribution in [0.1, 0.15) is 20.8 Å². The molecule has 0 aliphatic rings. The van der Waals surface area contributed by atoms with Crippen molar-refractivity contribution in [1.82, 2.24) is 5.32 Å². The molecular weight excluding hydrogens is 219 g/mol. The smallest absolute Gasteiger partial charge is 0.473 e. The number of nitrogens with one attached hydrogen (secondary N) is 1.